The van der Waals surface area contributed by atoms with E-state index in [4.69, 9.17) is 0 Å². The van der Waals surface area contributed by atoms with Crippen LogP contribution in [-0.4, -0.2) is 21.1 Å². The van der Waals surface area contributed by atoms with Crippen LogP contribution >= 0.6 is 34.4 Å². The van der Waals surface area contributed by atoms with Gasteiger partial charge in [-0.2, -0.15) is 0 Å². The van der Waals surface area contributed by atoms with E-state index in [0.717, 1.165) is 3.57 Å². The van der Waals surface area contributed by atoms with E-state index < -0.39 is 0 Å². The summed E-state index contributed by atoms with van der Waals surface area (Å²) in [5.41, 5.74) is 1.28. The molecule has 2 aromatic carbocycles. The van der Waals surface area contributed by atoms with Crippen molar-refractivity contribution in [1.29, 1.82) is 0 Å². The lowest BCUT2D eigenvalue weighted by Crippen LogP contribution is -2.23. The van der Waals surface area contributed by atoms with Gasteiger partial charge in [-0.05, 0) is 47.7 Å². The molecule has 24 heavy (non-hydrogen) atoms. The Labute approximate surface area is 157 Å². The Morgan fingerprint density at radius 1 is 1.21 bits per heavy atom. The van der Waals surface area contributed by atoms with Gasteiger partial charge in [0.05, 0.1) is 16.7 Å². The van der Waals surface area contributed by atoms with E-state index in [1.807, 2.05) is 43.3 Å². The van der Waals surface area contributed by atoms with E-state index in [1.54, 1.807) is 16.7 Å². The molecule has 0 aliphatic rings. The van der Waals surface area contributed by atoms with Gasteiger partial charge in [-0.25, -0.2) is 4.98 Å². The average molecular weight is 450 g/mol. The average Bonchev–Trinajstić information content (AvgIpc) is 2.61. The number of Topliss-reactive ketones (excluding diaryl/α,β-unsaturated/α-hetero) is 1. The van der Waals surface area contributed by atoms with Crippen LogP contribution in [0.15, 0.2) is 58.5 Å². The molecule has 0 bridgehead atoms. The van der Waals surface area contributed by atoms with Crippen LogP contribution in [0.2, 0.25) is 0 Å². The summed E-state index contributed by atoms with van der Waals surface area (Å²) in [6, 6.07) is 14.8. The number of fused-ring (bicyclic) bond motifs is 1. The first kappa shape index (κ1) is 17.2. The van der Waals surface area contributed by atoms with Gasteiger partial charge in [-0.1, -0.05) is 42.1 Å². The molecular weight excluding hydrogens is 435 g/mol. The fraction of sp³-hybridized carbons (Fsp3) is 0.167. The summed E-state index contributed by atoms with van der Waals surface area (Å²) in [5, 5.41) is 1.20. The standard InChI is InChI=1S/C18H15IN2O2S/c1-2-21-17(23)14-10-13(19)8-9-15(14)20-18(21)24-11-16(22)12-6-4-3-5-7-12/h3-10H,2,11H2,1H3. The number of carbonyl (C=O) groups is 1. The van der Waals surface area contributed by atoms with Gasteiger partial charge < -0.3 is 0 Å². The number of carbonyl (C=O) groups excluding carboxylic acids is 1. The van der Waals surface area contributed by atoms with Gasteiger partial charge in [0.2, 0.25) is 0 Å². The first-order valence-electron chi connectivity index (χ1n) is 7.51. The van der Waals surface area contributed by atoms with Gasteiger partial charge in [-0.3, -0.25) is 14.2 Å². The van der Waals surface area contributed by atoms with Crippen molar-refractivity contribution in [2.45, 2.75) is 18.6 Å². The highest BCUT2D eigenvalue weighted by atomic mass is 127. The first-order chi connectivity index (χ1) is 11.6. The van der Waals surface area contributed by atoms with Gasteiger partial charge in [0.25, 0.3) is 5.56 Å². The fourth-order valence-corrected chi connectivity index (χ4v) is 3.85. The lowest BCUT2D eigenvalue weighted by atomic mass is 10.2. The Hall–Kier alpha value is -1.67. The van der Waals surface area contributed by atoms with Crippen LogP contribution in [0.5, 0.6) is 0 Å². The number of hydrogen-bond donors (Lipinski definition) is 0. The Kier molecular flexibility index (Phi) is 5.35. The zero-order valence-corrected chi connectivity index (χ0v) is 16.0. The van der Waals surface area contributed by atoms with Crippen LogP contribution in [0.25, 0.3) is 10.9 Å². The van der Waals surface area contributed by atoms with Gasteiger partial charge >= 0.3 is 0 Å². The van der Waals surface area contributed by atoms with Crippen LogP contribution in [0.4, 0.5) is 0 Å². The normalized spacial score (nSPS) is 10.9. The molecule has 3 rings (SSSR count). The molecule has 0 spiro atoms. The second-order valence-electron chi connectivity index (χ2n) is 5.18. The molecule has 0 N–H and O–H groups in total. The molecule has 122 valence electrons. The Morgan fingerprint density at radius 2 is 1.96 bits per heavy atom. The van der Waals surface area contributed by atoms with E-state index >= 15 is 0 Å². The summed E-state index contributed by atoms with van der Waals surface area (Å²) in [6.07, 6.45) is 0. The molecular formula is C18H15IN2O2S. The quantitative estimate of drug-likeness (QED) is 0.255. The molecule has 6 heteroatoms. The number of ketones is 1. The van der Waals surface area contributed by atoms with Crippen molar-refractivity contribution in [3.8, 4) is 0 Å². The molecule has 0 unspecified atom stereocenters. The van der Waals surface area contributed by atoms with Gasteiger partial charge in [0.1, 0.15) is 0 Å². The lowest BCUT2D eigenvalue weighted by Gasteiger charge is -2.11. The molecule has 4 nitrogen and oxygen atoms in total. The van der Waals surface area contributed by atoms with E-state index in [9.17, 15) is 9.59 Å². The highest BCUT2D eigenvalue weighted by Gasteiger charge is 2.13. The van der Waals surface area contributed by atoms with Crippen molar-refractivity contribution in [3.05, 3.63) is 68.0 Å². The highest BCUT2D eigenvalue weighted by molar-refractivity contribution is 14.1. The molecule has 0 aliphatic heterocycles. The van der Waals surface area contributed by atoms with Gasteiger partial charge in [0.15, 0.2) is 10.9 Å². The number of halogens is 1. The lowest BCUT2D eigenvalue weighted by molar-refractivity contribution is 0.102. The smallest absolute Gasteiger partial charge is 0.262 e. The van der Waals surface area contributed by atoms with Crippen molar-refractivity contribution in [1.82, 2.24) is 9.55 Å². The van der Waals surface area contributed by atoms with Crippen molar-refractivity contribution in [2.75, 3.05) is 5.75 Å². The van der Waals surface area contributed by atoms with E-state index in [-0.39, 0.29) is 17.1 Å². The number of benzene rings is 2. The molecule has 0 aliphatic carbocycles. The predicted molar refractivity (Wildman–Crippen MR) is 106 cm³/mol. The SMILES string of the molecule is CCn1c(SCC(=O)c2ccccc2)nc2ccc(I)cc2c1=O. The van der Waals surface area contributed by atoms with Gasteiger partial charge in [-0.15, -0.1) is 0 Å². The number of thioether (sulfide) groups is 1. The highest BCUT2D eigenvalue weighted by Crippen LogP contribution is 2.20. The molecule has 0 radical (unpaired) electrons. The topological polar surface area (TPSA) is 52.0 Å². The predicted octanol–water partition coefficient (Wildman–Crippen LogP) is 4.00. The van der Waals surface area contributed by atoms with Crippen LogP contribution in [0, 0.1) is 3.57 Å². The Bertz CT molecular complexity index is 954. The fourth-order valence-electron chi connectivity index (χ4n) is 2.40. The van der Waals surface area contributed by atoms with Crippen molar-refractivity contribution in [3.63, 3.8) is 0 Å². The van der Waals surface area contributed by atoms with E-state index in [1.165, 1.54) is 11.8 Å². The maximum atomic E-state index is 12.7. The third-order valence-corrected chi connectivity index (χ3v) is 5.27. The van der Waals surface area contributed by atoms with E-state index in [2.05, 4.69) is 27.6 Å². The van der Waals surface area contributed by atoms with Gasteiger partial charge in [0, 0.05) is 15.7 Å². The molecule has 3 aromatic rings. The zero-order valence-electron chi connectivity index (χ0n) is 13.0. The van der Waals surface area contributed by atoms with E-state index in [0.29, 0.717) is 28.2 Å². The zero-order chi connectivity index (χ0) is 17.1. The number of hydrogen-bond acceptors (Lipinski definition) is 4. The minimum absolute atomic E-state index is 0.0280. The maximum Gasteiger partial charge on any atom is 0.262 e. The molecule has 1 heterocycles. The van der Waals surface area contributed by atoms with Crippen molar-refractivity contribution >= 4 is 51.0 Å². The number of rotatable bonds is 5. The van der Waals surface area contributed by atoms with Crippen LogP contribution in [0.1, 0.15) is 17.3 Å². The molecule has 0 amide bonds. The Balaban J connectivity index is 1.93. The van der Waals surface area contributed by atoms with Crippen LogP contribution < -0.4 is 5.56 Å². The molecule has 0 fully saturated rings. The second-order valence-corrected chi connectivity index (χ2v) is 7.37. The third kappa shape index (κ3) is 3.54. The summed E-state index contributed by atoms with van der Waals surface area (Å²) in [5.74, 6) is 0.284. The van der Waals surface area contributed by atoms with Crippen LogP contribution in [0.3, 0.4) is 0 Å². The maximum absolute atomic E-state index is 12.7. The summed E-state index contributed by atoms with van der Waals surface area (Å²) in [6.45, 7) is 2.43. The minimum Gasteiger partial charge on any atom is -0.293 e. The van der Waals surface area contributed by atoms with Crippen molar-refractivity contribution in [2.24, 2.45) is 0 Å². The molecule has 1 aromatic heterocycles. The summed E-state index contributed by atoms with van der Waals surface area (Å²) in [7, 11) is 0. The second kappa shape index (κ2) is 7.48. The molecule has 0 saturated heterocycles. The van der Waals surface area contributed by atoms with Crippen LogP contribution in [-0.2, 0) is 6.54 Å². The largest absolute Gasteiger partial charge is 0.293 e. The monoisotopic (exact) mass is 450 g/mol. The number of aromatic nitrogens is 2. The summed E-state index contributed by atoms with van der Waals surface area (Å²) in [4.78, 5) is 29.5. The summed E-state index contributed by atoms with van der Waals surface area (Å²) < 4.78 is 2.63. The number of nitrogens with zero attached hydrogens (tertiary/aromatic N) is 2. The third-order valence-electron chi connectivity index (χ3n) is 3.63. The molecule has 0 atom stereocenters. The first-order valence-corrected chi connectivity index (χ1v) is 9.57. The Morgan fingerprint density at radius 3 is 2.67 bits per heavy atom. The minimum atomic E-state index is -0.0596. The summed E-state index contributed by atoms with van der Waals surface area (Å²) >= 11 is 3.49. The molecule has 0 saturated carbocycles. The van der Waals surface area contributed by atoms with Crippen molar-refractivity contribution < 1.29 is 4.79 Å².